The zero-order valence-corrected chi connectivity index (χ0v) is 5.45. The highest BCUT2D eigenvalue weighted by Crippen LogP contribution is 2.08. The van der Waals surface area contributed by atoms with E-state index in [1.165, 1.54) is 0 Å². The molecule has 6 heavy (non-hydrogen) atoms. The smallest absolute Gasteiger partial charge is 0.102 e. The largest absolute Gasteiger partial charge is 0.226 e. The van der Waals surface area contributed by atoms with Crippen LogP contribution < -0.4 is 0 Å². The van der Waals surface area contributed by atoms with E-state index >= 15 is 0 Å². The van der Waals surface area contributed by atoms with Crippen LogP contribution in [0.3, 0.4) is 0 Å². The van der Waals surface area contributed by atoms with Crippen molar-refractivity contribution in [2.45, 2.75) is 0 Å². The van der Waals surface area contributed by atoms with Crippen molar-refractivity contribution in [3.63, 3.8) is 0 Å². The third-order valence-corrected chi connectivity index (χ3v) is 1.90. The van der Waals surface area contributed by atoms with Gasteiger partial charge in [-0.05, 0) is 0 Å². The van der Waals surface area contributed by atoms with E-state index in [2.05, 4.69) is 10.3 Å². The van der Waals surface area contributed by atoms with Crippen LogP contribution in [-0.4, -0.2) is 14.4 Å². The molecule has 34 valence electrons. The summed E-state index contributed by atoms with van der Waals surface area (Å²) in [5, 5.41) is 7.33. The quantitative estimate of drug-likeness (QED) is 0.419. The summed E-state index contributed by atoms with van der Waals surface area (Å²) in [6.45, 7) is 0. The molecular weight excluding hydrogens is 193 g/mol. The lowest BCUT2D eigenvalue weighted by Gasteiger charge is -1.90. The molecule has 0 fully saturated rings. The normalized spacial score (nSPS) is 18.5. The Morgan fingerprint density at radius 3 is 2.83 bits per heavy atom. The second kappa shape index (κ2) is 1.63. The maximum atomic E-state index is 3.69. The van der Waals surface area contributed by atoms with Gasteiger partial charge in [0, 0.05) is 28.1 Å². The van der Waals surface area contributed by atoms with Crippen molar-refractivity contribution in [3.8, 4) is 0 Å². The van der Waals surface area contributed by atoms with Crippen molar-refractivity contribution in [1.29, 1.82) is 0 Å². The summed E-state index contributed by atoms with van der Waals surface area (Å²) in [5.74, 6) is 0. The van der Waals surface area contributed by atoms with E-state index in [0.717, 1.165) is 0 Å². The second-order valence-electron chi connectivity index (χ2n) is 0.845. The van der Waals surface area contributed by atoms with Gasteiger partial charge in [-0.2, -0.15) is 0 Å². The van der Waals surface area contributed by atoms with E-state index in [0.29, 0.717) is 0 Å². The van der Waals surface area contributed by atoms with Crippen molar-refractivity contribution in [2.24, 2.45) is 10.3 Å². The van der Waals surface area contributed by atoms with E-state index in [1.807, 2.05) is 14.4 Å². The molecular formula is C2H4IN3. The van der Waals surface area contributed by atoms with Gasteiger partial charge in [0.2, 0.25) is 0 Å². The average molecular weight is 197 g/mol. The Balaban J connectivity index is 2.60. The lowest BCUT2D eigenvalue weighted by molar-refractivity contribution is 0.627. The minimum absolute atomic E-state index is 0.0544. The molecule has 0 saturated heterocycles. The summed E-state index contributed by atoms with van der Waals surface area (Å²) in [4.78, 5) is 0. The Bertz CT molecular complexity index is 85.0. The number of hydrogen-bond acceptors (Lipinski definition) is 3. The van der Waals surface area contributed by atoms with E-state index in [4.69, 9.17) is 0 Å². The van der Waals surface area contributed by atoms with Crippen LogP contribution in [0.1, 0.15) is 0 Å². The van der Waals surface area contributed by atoms with Gasteiger partial charge in [0.1, 0.15) is 4.14 Å². The third kappa shape index (κ3) is 0.735. The monoisotopic (exact) mass is 197 g/mol. The molecule has 0 saturated carbocycles. The van der Waals surface area contributed by atoms with Crippen LogP contribution in [0, 0.1) is 0 Å². The molecule has 0 aromatic carbocycles. The Morgan fingerprint density at radius 2 is 2.67 bits per heavy atom. The third-order valence-electron chi connectivity index (χ3n) is 0.403. The van der Waals surface area contributed by atoms with Crippen molar-refractivity contribution in [3.05, 3.63) is 0 Å². The van der Waals surface area contributed by atoms with Crippen LogP contribution in [0.25, 0.3) is 0 Å². The lowest BCUT2D eigenvalue weighted by atomic mass is 11.5. The molecule has 0 aliphatic carbocycles. The molecule has 1 rings (SSSR count). The van der Waals surface area contributed by atoms with Crippen molar-refractivity contribution >= 4 is 25.1 Å². The molecule has 0 radical (unpaired) electrons. The van der Waals surface area contributed by atoms with Crippen LogP contribution in [0.4, 0.5) is 0 Å². The van der Waals surface area contributed by atoms with Crippen molar-refractivity contribution in [2.75, 3.05) is 7.05 Å². The average Bonchev–Trinajstić information content (AvgIpc) is 1.86. The van der Waals surface area contributed by atoms with Crippen molar-refractivity contribution in [1.82, 2.24) is 3.22 Å². The summed E-state index contributed by atoms with van der Waals surface area (Å²) in [6.07, 6.45) is 0. The first-order valence-electron chi connectivity index (χ1n) is 1.49. The summed E-state index contributed by atoms with van der Waals surface area (Å²) in [5.41, 5.74) is 0. The first-order valence-corrected chi connectivity index (χ1v) is 3.70. The van der Waals surface area contributed by atoms with Gasteiger partial charge < -0.3 is 0 Å². The molecule has 0 unspecified atom stereocenters. The van der Waals surface area contributed by atoms with Gasteiger partial charge in [0.15, 0.2) is 0 Å². The molecule has 0 bridgehead atoms. The summed E-state index contributed by atoms with van der Waals surface area (Å²) in [6, 6.07) is 0. The maximum absolute atomic E-state index is 3.69. The highest BCUT2D eigenvalue weighted by atomic mass is 127. The van der Waals surface area contributed by atoms with Crippen LogP contribution in [-0.2, 0) is 0 Å². The van der Waals surface area contributed by atoms with Gasteiger partial charge in [-0.25, -0.2) is 3.22 Å². The number of nitrogens with zero attached hydrogens (tertiary/aromatic N) is 3. The van der Waals surface area contributed by atoms with Gasteiger partial charge in [-0.3, -0.25) is 0 Å². The molecule has 3 nitrogen and oxygen atoms in total. The highest BCUT2D eigenvalue weighted by molar-refractivity contribution is 14.2. The molecule has 0 N–H and O–H groups in total. The highest BCUT2D eigenvalue weighted by Gasteiger charge is 1.87. The van der Waals surface area contributed by atoms with Crippen LogP contribution in [0.15, 0.2) is 10.3 Å². The molecule has 0 aromatic rings. The fourth-order valence-corrected chi connectivity index (χ4v) is 0.999. The standard InChI is InChI=1S/C2H4IN3/c1-6-3-2-4-5-6/h2H,1H3. The summed E-state index contributed by atoms with van der Waals surface area (Å²) in [7, 11) is 1.93. The molecule has 0 amide bonds. The Kier molecular flexibility index (Phi) is 1.13. The van der Waals surface area contributed by atoms with Gasteiger partial charge in [0.05, 0.1) is 0 Å². The van der Waals surface area contributed by atoms with E-state index < -0.39 is 0 Å². The van der Waals surface area contributed by atoms with Crippen LogP contribution in [0.2, 0.25) is 0 Å². The lowest BCUT2D eigenvalue weighted by Crippen LogP contribution is -1.85. The number of halogens is 1. The first kappa shape index (κ1) is 4.17. The molecule has 0 spiro atoms. The maximum Gasteiger partial charge on any atom is 0.102 e. The Morgan fingerprint density at radius 1 is 1.83 bits per heavy atom. The predicted molar refractivity (Wildman–Crippen MR) is 32.7 cm³/mol. The Labute approximate surface area is 46.1 Å². The number of hydrogen-bond donors (Lipinski definition) is 0. The van der Waals surface area contributed by atoms with Gasteiger partial charge >= 0.3 is 0 Å². The van der Waals surface area contributed by atoms with Crippen LogP contribution in [0.5, 0.6) is 0 Å². The van der Waals surface area contributed by atoms with Gasteiger partial charge in [-0.15, -0.1) is 5.11 Å². The molecule has 1 heterocycles. The predicted octanol–water partition coefficient (Wildman–Crippen LogP) is 0.944. The number of rotatable bonds is 0. The summed E-state index contributed by atoms with van der Waals surface area (Å²) < 4.78 is 3.75. The van der Waals surface area contributed by atoms with E-state index in [9.17, 15) is 0 Å². The minimum Gasteiger partial charge on any atom is -0.226 e. The first-order chi connectivity index (χ1) is 2.89. The Hall–Kier alpha value is -0.000000000000000111. The zero-order valence-electron chi connectivity index (χ0n) is 3.30. The van der Waals surface area contributed by atoms with Crippen LogP contribution >= 0.6 is 21.0 Å². The summed E-state index contributed by atoms with van der Waals surface area (Å²) >= 11 is 0.0544. The molecule has 0 aromatic heterocycles. The van der Waals surface area contributed by atoms with Crippen molar-refractivity contribution < 1.29 is 0 Å². The topological polar surface area (TPSA) is 28.0 Å². The van der Waals surface area contributed by atoms with E-state index in [1.54, 1.807) is 0 Å². The minimum atomic E-state index is 0.0544. The SMILES string of the molecule is CN1N=NC=I1. The zero-order chi connectivity index (χ0) is 4.41. The second-order valence-corrected chi connectivity index (χ2v) is 3.36. The van der Waals surface area contributed by atoms with Gasteiger partial charge in [-0.1, -0.05) is 5.22 Å². The fraction of sp³-hybridized carbons (Fsp3) is 0.500. The van der Waals surface area contributed by atoms with Gasteiger partial charge in [0.25, 0.3) is 0 Å². The molecule has 1 aliphatic rings. The van der Waals surface area contributed by atoms with E-state index in [-0.39, 0.29) is 21.0 Å². The molecule has 4 heteroatoms. The fourth-order valence-electron chi connectivity index (χ4n) is 0.193. The molecule has 0 atom stereocenters. The molecule has 1 aliphatic heterocycles.